The standard InChI is InChI=1S/C20H17Cl5N2O2/c1-2-5-26-18(28)14-9-13(3-4-15(14)23)27-19(29)17-16(20(17,24)25)10-6-11(21)8-12(22)7-10/h3-4,6-9,16-17H,2,5H2,1H3,(H,26,28)(H,27,29)/t16-,17+/m1/s1. The maximum absolute atomic E-state index is 12.8. The number of carbonyl (C=O) groups is 2. The fourth-order valence-corrected chi connectivity index (χ4v) is 4.73. The van der Waals surface area contributed by atoms with Crippen LogP contribution >= 0.6 is 58.0 Å². The summed E-state index contributed by atoms with van der Waals surface area (Å²) in [5.41, 5.74) is 1.37. The van der Waals surface area contributed by atoms with Gasteiger partial charge in [-0.15, -0.1) is 23.2 Å². The first-order valence-corrected chi connectivity index (χ1v) is 10.8. The van der Waals surface area contributed by atoms with Gasteiger partial charge < -0.3 is 10.6 Å². The third-order valence-electron chi connectivity index (χ3n) is 4.59. The minimum atomic E-state index is -1.29. The lowest BCUT2D eigenvalue weighted by atomic mass is 10.1. The average molecular weight is 495 g/mol. The van der Waals surface area contributed by atoms with Crippen molar-refractivity contribution in [2.24, 2.45) is 5.92 Å². The molecule has 0 spiro atoms. The number of rotatable bonds is 6. The summed E-state index contributed by atoms with van der Waals surface area (Å²) in [5.74, 6) is -1.84. The van der Waals surface area contributed by atoms with Crippen LogP contribution in [-0.4, -0.2) is 22.7 Å². The lowest BCUT2D eigenvalue weighted by Crippen LogP contribution is -2.24. The Morgan fingerprint density at radius 2 is 1.69 bits per heavy atom. The summed E-state index contributed by atoms with van der Waals surface area (Å²) in [6.07, 6.45) is 0.796. The number of benzene rings is 2. The van der Waals surface area contributed by atoms with E-state index in [1.807, 2.05) is 6.92 Å². The second kappa shape index (κ2) is 8.91. The Balaban J connectivity index is 1.77. The molecule has 2 aromatic rings. The number of hydrogen-bond donors (Lipinski definition) is 2. The Kier molecular flexibility index (Phi) is 6.91. The average Bonchev–Trinajstić information content (AvgIpc) is 3.22. The molecule has 0 aliphatic heterocycles. The summed E-state index contributed by atoms with van der Waals surface area (Å²) in [6.45, 7) is 2.47. The molecule has 0 saturated heterocycles. The van der Waals surface area contributed by atoms with Gasteiger partial charge in [0, 0.05) is 28.2 Å². The quantitative estimate of drug-likeness (QED) is 0.462. The molecule has 154 valence electrons. The van der Waals surface area contributed by atoms with E-state index >= 15 is 0 Å². The van der Waals surface area contributed by atoms with Gasteiger partial charge in [0.25, 0.3) is 5.91 Å². The molecular formula is C20H17Cl5N2O2. The van der Waals surface area contributed by atoms with Gasteiger partial charge >= 0.3 is 0 Å². The zero-order valence-electron chi connectivity index (χ0n) is 15.2. The van der Waals surface area contributed by atoms with Gasteiger partial charge in [-0.05, 0) is 48.4 Å². The van der Waals surface area contributed by atoms with E-state index in [1.165, 1.54) is 6.07 Å². The van der Waals surface area contributed by atoms with E-state index in [2.05, 4.69) is 10.6 Å². The molecule has 0 unspecified atom stereocenters. The number of hydrogen-bond acceptors (Lipinski definition) is 2. The monoisotopic (exact) mass is 492 g/mol. The van der Waals surface area contributed by atoms with Gasteiger partial charge in [-0.25, -0.2) is 0 Å². The van der Waals surface area contributed by atoms with Gasteiger partial charge in [0.15, 0.2) is 0 Å². The van der Waals surface area contributed by atoms with Crippen molar-refractivity contribution < 1.29 is 9.59 Å². The molecule has 2 aromatic carbocycles. The summed E-state index contributed by atoms with van der Waals surface area (Å²) >= 11 is 31.0. The van der Waals surface area contributed by atoms with Crippen molar-refractivity contribution in [2.45, 2.75) is 23.6 Å². The van der Waals surface area contributed by atoms with E-state index < -0.39 is 16.2 Å². The largest absolute Gasteiger partial charge is 0.352 e. The fourth-order valence-electron chi connectivity index (χ4n) is 3.15. The maximum atomic E-state index is 12.8. The predicted octanol–water partition coefficient (Wildman–Crippen LogP) is 6.31. The smallest absolute Gasteiger partial charge is 0.252 e. The van der Waals surface area contributed by atoms with E-state index in [4.69, 9.17) is 58.0 Å². The minimum Gasteiger partial charge on any atom is -0.352 e. The molecule has 29 heavy (non-hydrogen) atoms. The van der Waals surface area contributed by atoms with Gasteiger partial charge in [0.05, 0.1) is 16.5 Å². The van der Waals surface area contributed by atoms with Crippen LogP contribution in [0.1, 0.15) is 35.2 Å². The number of nitrogens with one attached hydrogen (secondary N) is 2. The van der Waals surface area contributed by atoms with Gasteiger partial charge in [-0.1, -0.05) is 41.7 Å². The van der Waals surface area contributed by atoms with Crippen LogP contribution in [0.2, 0.25) is 15.1 Å². The molecule has 1 aliphatic rings. The molecule has 0 heterocycles. The fraction of sp³-hybridized carbons (Fsp3) is 0.300. The van der Waals surface area contributed by atoms with Crippen LogP contribution in [0, 0.1) is 5.92 Å². The number of carbonyl (C=O) groups excluding carboxylic acids is 2. The zero-order valence-corrected chi connectivity index (χ0v) is 19.0. The molecule has 1 aliphatic carbocycles. The Hall–Kier alpha value is -1.17. The molecule has 1 saturated carbocycles. The third-order valence-corrected chi connectivity index (χ3v) is 6.30. The summed E-state index contributed by atoms with van der Waals surface area (Å²) in [4.78, 5) is 25.0. The molecule has 0 bridgehead atoms. The van der Waals surface area contributed by atoms with E-state index in [-0.39, 0.29) is 17.4 Å². The number of anilines is 1. The maximum Gasteiger partial charge on any atom is 0.252 e. The van der Waals surface area contributed by atoms with Gasteiger partial charge in [0.1, 0.15) is 4.33 Å². The second-order valence-corrected chi connectivity index (χ2v) is 9.50. The van der Waals surface area contributed by atoms with E-state index in [0.717, 1.165) is 6.42 Å². The van der Waals surface area contributed by atoms with E-state index in [1.54, 1.807) is 30.3 Å². The molecule has 4 nitrogen and oxygen atoms in total. The molecule has 1 fully saturated rings. The van der Waals surface area contributed by atoms with Crippen LogP contribution in [0.5, 0.6) is 0 Å². The van der Waals surface area contributed by atoms with Crippen molar-refractivity contribution in [3.63, 3.8) is 0 Å². The van der Waals surface area contributed by atoms with Crippen LogP contribution in [0.4, 0.5) is 5.69 Å². The molecule has 0 aromatic heterocycles. The van der Waals surface area contributed by atoms with Crippen molar-refractivity contribution in [2.75, 3.05) is 11.9 Å². The molecule has 2 amide bonds. The molecule has 9 heteroatoms. The molecule has 2 atom stereocenters. The van der Waals surface area contributed by atoms with Crippen LogP contribution in [0.15, 0.2) is 36.4 Å². The molecular weight excluding hydrogens is 477 g/mol. The molecule has 3 rings (SSSR count). The predicted molar refractivity (Wildman–Crippen MR) is 120 cm³/mol. The summed E-state index contributed by atoms with van der Waals surface area (Å²) in [5, 5.41) is 6.67. The van der Waals surface area contributed by atoms with Crippen molar-refractivity contribution in [1.29, 1.82) is 0 Å². The first kappa shape index (κ1) is 22.5. The first-order valence-electron chi connectivity index (χ1n) is 8.87. The van der Waals surface area contributed by atoms with Crippen LogP contribution in [0.25, 0.3) is 0 Å². The van der Waals surface area contributed by atoms with Crippen LogP contribution < -0.4 is 10.6 Å². The highest BCUT2D eigenvalue weighted by Crippen LogP contribution is 2.65. The first-order chi connectivity index (χ1) is 13.6. The normalized spacial score (nSPS) is 19.5. The minimum absolute atomic E-state index is 0.273. The third kappa shape index (κ3) is 4.95. The Morgan fingerprint density at radius 1 is 1.03 bits per heavy atom. The number of alkyl halides is 2. The van der Waals surface area contributed by atoms with Crippen molar-refractivity contribution in [3.8, 4) is 0 Å². The highest BCUT2D eigenvalue weighted by atomic mass is 35.5. The molecule has 2 N–H and O–H groups in total. The number of amides is 2. The number of halogens is 5. The summed E-state index contributed by atoms with van der Waals surface area (Å²) in [7, 11) is 0. The van der Waals surface area contributed by atoms with Crippen LogP contribution in [-0.2, 0) is 4.79 Å². The van der Waals surface area contributed by atoms with E-state index in [0.29, 0.717) is 32.9 Å². The summed E-state index contributed by atoms with van der Waals surface area (Å²) < 4.78 is -1.29. The van der Waals surface area contributed by atoms with Crippen molar-refractivity contribution >= 4 is 75.5 Å². The lowest BCUT2D eigenvalue weighted by Gasteiger charge is -2.10. The Bertz CT molecular complexity index is 944. The van der Waals surface area contributed by atoms with Crippen molar-refractivity contribution in [3.05, 3.63) is 62.6 Å². The van der Waals surface area contributed by atoms with Crippen molar-refractivity contribution in [1.82, 2.24) is 5.32 Å². The SMILES string of the molecule is CCCNC(=O)c1cc(NC(=O)[C@@H]2[C@@H](c3cc(Cl)cc(Cl)c3)C2(Cl)Cl)ccc1Cl. The lowest BCUT2D eigenvalue weighted by molar-refractivity contribution is -0.117. The Labute approximate surface area is 193 Å². The molecule has 0 radical (unpaired) electrons. The highest BCUT2D eigenvalue weighted by Gasteiger charge is 2.67. The van der Waals surface area contributed by atoms with Crippen LogP contribution in [0.3, 0.4) is 0 Å². The van der Waals surface area contributed by atoms with Gasteiger partial charge in [-0.2, -0.15) is 0 Å². The van der Waals surface area contributed by atoms with Gasteiger partial charge in [-0.3, -0.25) is 9.59 Å². The highest BCUT2D eigenvalue weighted by molar-refractivity contribution is 6.53. The summed E-state index contributed by atoms with van der Waals surface area (Å²) in [6, 6.07) is 9.63. The van der Waals surface area contributed by atoms with E-state index in [9.17, 15) is 9.59 Å². The van der Waals surface area contributed by atoms with Gasteiger partial charge in [0.2, 0.25) is 5.91 Å². The topological polar surface area (TPSA) is 58.2 Å². The second-order valence-electron chi connectivity index (χ2n) is 6.77. The Morgan fingerprint density at radius 3 is 2.31 bits per heavy atom. The zero-order chi connectivity index (χ0) is 21.3.